The van der Waals surface area contributed by atoms with E-state index in [0.29, 0.717) is 24.3 Å². The molecule has 23 heavy (non-hydrogen) atoms. The molecule has 0 heterocycles. The molecule has 0 fully saturated rings. The van der Waals surface area contributed by atoms with Gasteiger partial charge in [0.25, 0.3) is 5.91 Å². The van der Waals surface area contributed by atoms with Crippen LogP contribution in [0.1, 0.15) is 24.2 Å². The molecule has 6 nitrogen and oxygen atoms in total. The summed E-state index contributed by atoms with van der Waals surface area (Å²) in [5.41, 5.74) is 0.848. The summed E-state index contributed by atoms with van der Waals surface area (Å²) < 4.78 is 0. The molecule has 0 saturated heterocycles. The molecule has 0 atom stereocenters. The number of anilines is 1. The van der Waals surface area contributed by atoms with Crippen molar-refractivity contribution in [2.75, 3.05) is 29.9 Å². The largest absolute Gasteiger partial charge is 0.481 e. The van der Waals surface area contributed by atoms with Crippen molar-refractivity contribution in [2.24, 2.45) is 0 Å². The highest BCUT2D eigenvalue weighted by Crippen LogP contribution is 2.22. The number of halogens is 1. The average Bonchev–Trinajstić information content (AvgIpc) is 2.48. The SMILES string of the molecule is CCN(CC)C(=O)c1ccc(NC(=O)CSCC(=O)O)cc1Cl. The summed E-state index contributed by atoms with van der Waals surface area (Å²) in [7, 11) is 0. The predicted octanol–water partition coefficient (Wildman–Crippen LogP) is 2.58. The number of carboxylic acid groups (broad SMARTS) is 1. The number of hydrogen-bond donors (Lipinski definition) is 2. The molecule has 0 aliphatic heterocycles. The van der Waals surface area contributed by atoms with E-state index in [1.165, 1.54) is 6.07 Å². The lowest BCUT2D eigenvalue weighted by Crippen LogP contribution is -2.30. The molecule has 8 heteroatoms. The molecular weight excluding hydrogens is 340 g/mol. The van der Waals surface area contributed by atoms with Crippen LogP contribution < -0.4 is 5.32 Å². The second-order valence-electron chi connectivity index (χ2n) is 4.61. The number of nitrogens with one attached hydrogen (secondary N) is 1. The molecular formula is C15H19ClN2O4S. The van der Waals surface area contributed by atoms with Gasteiger partial charge in [-0.05, 0) is 32.0 Å². The first-order valence-electron chi connectivity index (χ1n) is 7.07. The monoisotopic (exact) mass is 358 g/mol. The summed E-state index contributed by atoms with van der Waals surface area (Å²) in [4.78, 5) is 36.0. The highest BCUT2D eigenvalue weighted by molar-refractivity contribution is 8.00. The van der Waals surface area contributed by atoms with Crippen LogP contribution in [-0.2, 0) is 9.59 Å². The van der Waals surface area contributed by atoms with Crippen molar-refractivity contribution >= 4 is 46.8 Å². The fourth-order valence-corrected chi connectivity index (χ4v) is 2.67. The van der Waals surface area contributed by atoms with Crippen LogP contribution >= 0.6 is 23.4 Å². The molecule has 2 N–H and O–H groups in total. The first kappa shape index (κ1) is 19.3. The molecule has 0 aliphatic carbocycles. The van der Waals surface area contributed by atoms with Crippen LogP contribution in [0.15, 0.2) is 18.2 Å². The molecule has 0 aliphatic rings. The fraction of sp³-hybridized carbons (Fsp3) is 0.400. The van der Waals surface area contributed by atoms with Gasteiger partial charge in [-0.2, -0.15) is 0 Å². The molecule has 1 rings (SSSR count). The van der Waals surface area contributed by atoms with E-state index in [2.05, 4.69) is 5.32 Å². The zero-order valence-electron chi connectivity index (χ0n) is 13.0. The van der Waals surface area contributed by atoms with Crippen LogP contribution in [0.4, 0.5) is 5.69 Å². The van der Waals surface area contributed by atoms with Crippen molar-refractivity contribution < 1.29 is 19.5 Å². The number of benzene rings is 1. The molecule has 0 radical (unpaired) electrons. The molecule has 2 amide bonds. The van der Waals surface area contributed by atoms with Crippen LogP contribution in [0.5, 0.6) is 0 Å². The molecule has 1 aromatic rings. The zero-order chi connectivity index (χ0) is 17.4. The van der Waals surface area contributed by atoms with Gasteiger partial charge in [-0.3, -0.25) is 14.4 Å². The predicted molar refractivity (Wildman–Crippen MR) is 92.3 cm³/mol. The van der Waals surface area contributed by atoms with Gasteiger partial charge in [-0.15, -0.1) is 11.8 Å². The number of carbonyl (C=O) groups is 3. The van der Waals surface area contributed by atoms with Crippen molar-refractivity contribution in [1.82, 2.24) is 4.90 Å². The van der Waals surface area contributed by atoms with Gasteiger partial charge in [0.2, 0.25) is 5.91 Å². The molecule has 1 aromatic carbocycles. The standard InChI is InChI=1S/C15H19ClN2O4S/c1-3-18(4-2)15(22)11-6-5-10(7-12(11)16)17-13(19)8-23-9-14(20)21/h5-7H,3-4,8-9H2,1-2H3,(H,17,19)(H,20,21). The van der Waals surface area contributed by atoms with E-state index in [1.807, 2.05) is 13.8 Å². The van der Waals surface area contributed by atoms with Crippen LogP contribution in [0.25, 0.3) is 0 Å². The molecule has 0 unspecified atom stereocenters. The Kier molecular flexibility index (Phi) is 7.91. The summed E-state index contributed by atoms with van der Waals surface area (Å²) in [5, 5.41) is 11.4. The summed E-state index contributed by atoms with van der Waals surface area (Å²) in [6.07, 6.45) is 0. The van der Waals surface area contributed by atoms with Crippen LogP contribution in [-0.4, -0.2) is 52.4 Å². The summed E-state index contributed by atoms with van der Waals surface area (Å²) in [6, 6.07) is 4.68. The second kappa shape index (κ2) is 9.42. The second-order valence-corrected chi connectivity index (χ2v) is 6.00. The Bertz CT molecular complexity index is 591. The molecule has 0 bridgehead atoms. The number of nitrogens with zero attached hydrogens (tertiary/aromatic N) is 1. The highest BCUT2D eigenvalue weighted by atomic mass is 35.5. The fourth-order valence-electron chi connectivity index (χ4n) is 1.88. The normalized spacial score (nSPS) is 10.2. The third kappa shape index (κ3) is 6.11. The average molecular weight is 359 g/mol. The molecule has 0 spiro atoms. The number of carbonyl (C=O) groups excluding carboxylic acids is 2. The van der Waals surface area contributed by atoms with E-state index in [1.54, 1.807) is 17.0 Å². The molecule has 0 aromatic heterocycles. The Labute approximate surface area is 144 Å². The van der Waals surface area contributed by atoms with Gasteiger partial charge >= 0.3 is 5.97 Å². The quantitative estimate of drug-likeness (QED) is 0.745. The van der Waals surface area contributed by atoms with Gasteiger partial charge < -0.3 is 15.3 Å². The smallest absolute Gasteiger partial charge is 0.313 e. The zero-order valence-corrected chi connectivity index (χ0v) is 14.5. The topological polar surface area (TPSA) is 86.7 Å². The summed E-state index contributed by atoms with van der Waals surface area (Å²) in [5.74, 6) is -1.55. The Balaban J connectivity index is 2.70. The first-order chi connectivity index (χ1) is 10.9. The maximum absolute atomic E-state index is 12.3. The Morgan fingerprint density at radius 1 is 1.22 bits per heavy atom. The van der Waals surface area contributed by atoms with Crippen molar-refractivity contribution in [1.29, 1.82) is 0 Å². The van der Waals surface area contributed by atoms with Crippen molar-refractivity contribution in [3.63, 3.8) is 0 Å². The Morgan fingerprint density at radius 2 is 1.87 bits per heavy atom. The van der Waals surface area contributed by atoms with Crippen molar-refractivity contribution in [3.05, 3.63) is 28.8 Å². The van der Waals surface area contributed by atoms with E-state index in [-0.39, 0.29) is 28.3 Å². The molecule has 0 saturated carbocycles. The maximum atomic E-state index is 12.3. The van der Waals surface area contributed by atoms with Gasteiger partial charge in [0.15, 0.2) is 0 Å². The molecule has 126 valence electrons. The number of thioether (sulfide) groups is 1. The van der Waals surface area contributed by atoms with E-state index < -0.39 is 5.97 Å². The highest BCUT2D eigenvalue weighted by Gasteiger charge is 2.16. The van der Waals surface area contributed by atoms with Gasteiger partial charge in [-0.25, -0.2) is 0 Å². The third-order valence-electron chi connectivity index (χ3n) is 2.99. The van der Waals surface area contributed by atoms with Gasteiger partial charge in [-0.1, -0.05) is 11.6 Å². The first-order valence-corrected chi connectivity index (χ1v) is 8.60. The van der Waals surface area contributed by atoms with Gasteiger partial charge in [0.05, 0.1) is 22.1 Å². The van der Waals surface area contributed by atoms with Crippen LogP contribution in [0.3, 0.4) is 0 Å². The lowest BCUT2D eigenvalue weighted by Gasteiger charge is -2.19. The minimum atomic E-state index is -0.967. The van der Waals surface area contributed by atoms with E-state index in [9.17, 15) is 14.4 Å². The van der Waals surface area contributed by atoms with E-state index in [0.717, 1.165) is 11.8 Å². The minimum absolute atomic E-state index is 0.0318. The Morgan fingerprint density at radius 3 is 2.39 bits per heavy atom. The minimum Gasteiger partial charge on any atom is -0.481 e. The number of carboxylic acids is 1. The van der Waals surface area contributed by atoms with E-state index in [4.69, 9.17) is 16.7 Å². The van der Waals surface area contributed by atoms with Crippen LogP contribution in [0, 0.1) is 0 Å². The van der Waals surface area contributed by atoms with Crippen LogP contribution in [0.2, 0.25) is 5.02 Å². The number of hydrogen-bond acceptors (Lipinski definition) is 4. The van der Waals surface area contributed by atoms with Crippen molar-refractivity contribution in [3.8, 4) is 0 Å². The number of amides is 2. The van der Waals surface area contributed by atoms with Gasteiger partial charge in [0.1, 0.15) is 0 Å². The lowest BCUT2D eigenvalue weighted by molar-refractivity contribution is -0.133. The Hall–Kier alpha value is -1.73. The third-order valence-corrected chi connectivity index (χ3v) is 4.22. The van der Waals surface area contributed by atoms with E-state index >= 15 is 0 Å². The summed E-state index contributed by atoms with van der Waals surface area (Å²) in [6.45, 7) is 4.95. The number of aliphatic carboxylic acids is 1. The lowest BCUT2D eigenvalue weighted by atomic mass is 10.1. The maximum Gasteiger partial charge on any atom is 0.313 e. The van der Waals surface area contributed by atoms with Crippen molar-refractivity contribution in [2.45, 2.75) is 13.8 Å². The number of rotatable bonds is 8. The summed E-state index contributed by atoms with van der Waals surface area (Å²) >= 11 is 7.14. The van der Waals surface area contributed by atoms with Gasteiger partial charge in [0, 0.05) is 18.8 Å².